The molecule has 4 aromatic rings. The van der Waals surface area contributed by atoms with Gasteiger partial charge in [0.2, 0.25) is 5.91 Å². The van der Waals surface area contributed by atoms with Gasteiger partial charge in [0, 0.05) is 44.7 Å². The van der Waals surface area contributed by atoms with Crippen LogP contribution in [-0.4, -0.2) is 121 Å². The van der Waals surface area contributed by atoms with Crippen molar-refractivity contribution >= 4 is 40.2 Å². The number of likely N-dealkylation sites (N-methyl/N-ethyl adjacent to an activating group) is 1. The lowest BCUT2D eigenvalue weighted by atomic mass is 9.72. The molecule has 66 heavy (non-hydrogen) atoms. The monoisotopic (exact) mass is 947 g/mol. The Morgan fingerprint density at radius 1 is 0.894 bits per heavy atom. The van der Waals surface area contributed by atoms with E-state index < -0.39 is 64.6 Å². The standard InChI is InChI=1S/C46H48F7N5O7S/c1-55(17-5-18-56(2)41(61)36-12-13-38(66-36)54-42(62)63)39(59)26-64-37-24-29-6-3-4-7-35(29)43(37)14-19-57(20-15-43)21-16-44(31-8-10-34(47)11-9-31)27-58(28-65-44)40(60)30-22-32(45(48,49)50)25-33(23-30)46(51,52)53/h3-4,6-13,22-23,25,37,54H,5,14-21,24,26-28H2,1-2H3,(H,62,63)/t37-,44-/m0/s1. The predicted octanol–water partition coefficient (Wildman–Crippen LogP) is 8.33. The summed E-state index contributed by atoms with van der Waals surface area (Å²) in [6, 6.07) is 17.3. The van der Waals surface area contributed by atoms with Crippen LogP contribution in [0.5, 0.6) is 0 Å². The van der Waals surface area contributed by atoms with Crippen molar-refractivity contribution in [2.45, 2.75) is 61.6 Å². The Bertz CT molecular complexity index is 2390. The number of likely N-dealkylation sites (tertiary alicyclic amines) is 1. The lowest BCUT2D eigenvalue weighted by Gasteiger charge is -2.44. The summed E-state index contributed by atoms with van der Waals surface area (Å²) in [6.07, 6.45) is -9.12. The highest BCUT2D eigenvalue weighted by atomic mass is 32.1. The Balaban J connectivity index is 0.970. The molecule has 354 valence electrons. The number of benzene rings is 3. The maximum absolute atomic E-state index is 14.1. The zero-order chi connectivity index (χ0) is 47.6. The van der Waals surface area contributed by atoms with Gasteiger partial charge in [-0.3, -0.25) is 19.7 Å². The number of halogens is 7. The van der Waals surface area contributed by atoms with Gasteiger partial charge in [0.05, 0.1) is 33.7 Å². The molecule has 3 heterocycles. The molecule has 7 rings (SSSR count). The van der Waals surface area contributed by atoms with Crippen molar-refractivity contribution in [3.05, 3.63) is 123 Å². The molecule has 3 aromatic carbocycles. The smallest absolute Gasteiger partial charge is 0.416 e. The molecule has 20 heteroatoms. The number of piperidine rings is 1. The topological polar surface area (TPSA) is 132 Å². The van der Waals surface area contributed by atoms with E-state index in [-0.39, 0.29) is 43.6 Å². The van der Waals surface area contributed by atoms with Crippen LogP contribution in [0.2, 0.25) is 0 Å². The van der Waals surface area contributed by atoms with Crippen molar-refractivity contribution < 1.29 is 64.5 Å². The second-order valence-corrected chi connectivity index (χ2v) is 18.1. The minimum Gasteiger partial charge on any atom is -0.465 e. The molecule has 4 amide bonds. The van der Waals surface area contributed by atoms with Gasteiger partial charge in [0.25, 0.3) is 11.8 Å². The molecule has 0 radical (unpaired) electrons. The fraction of sp³-hybridized carbons (Fsp3) is 0.435. The van der Waals surface area contributed by atoms with E-state index in [0.29, 0.717) is 86.0 Å². The normalized spacial score (nSPS) is 19.5. The first-order valence-electron chi connectivity index (χ1n) is 21.2. The van der Waals surface area contributed by atoms with Gasteiger partial charge in [-0.2, -0.15) is 26.3 Å². The molecule has 2 atom stereocenters. The second-order valence-electron chi connectivity index (χ2n) is 17.0. The van der Waals surface area contributed by atoms with Gasteiger partial charge in [0.15, 0.2) is 0 Å². The number of amides is 4. The first-order chi connectivity index (χ1) is 31.2. The quantitative estimate of drug-likeness (QED) is 0.121. The summed E-state index contributed by atoms with van der Waals surface area (Å²) in [6.45, 7) is 1.54. The molecule has 1 aliphatic carbocycles. The van der Waals surface area contributed by atoms with Crippen LogP contribution < -0.4 is 5.32 Å². The van der Waals surface area contributed by atoms with Gasteiger partial charge in [-0.1, -0.05) is 36.4 Å². The van der Waals surface area contributed by atoms with Gasteiger partial charge in [-0.25, -0.2) is 9.18 Å². The molecule has 1 aromatic heterocycles. The van der Waals surface area contributed by atoms with E-state index in [1.54, 1.807) is 25.1 Å². The van der Waals surface area contributed by atoms with Crippen LogP contribution in [0.25, 0.3) is 0 Å². The van der Waals surface area contributed by atoms with Gasteiger partial charge >= 0.3 is 18.4 Å². The van der Waals surface area contributed by atoms with Gasteiger partial charge < -0.3 is 34.2 Å². The van der Waals surface area contributed by atoms with Crippen molar-refractivity contribution in [2.75, 3.05) is 72.0 Å². The Labute approximate surface area is 379 Å². The third-order valence-electron chi connectivity index (χ3n) is 12.8. The molecule has 2 N–H and O–H groups in total. The van der Waals surface area contributed by atoms with E-state index in [1.165, 1.54) is 35.2 Å². The number of anilines is 1. The fourth-order valence-corrected chi connectivity index (χ4v) is 10.1. The Morgan fingerprint density at radius 2 is 1.55 bits per heavy atom. The number of thiophene rings is 1. The van der Waals surface area contributed by atoms with Crippen molar-refractivity contribution in [3.63, 3.8) is 0 Å². The number of hydrogen-bond donors (Lipinski definition) is 2. The average molecular weight is 948 g/mol. The van der Waals surface area contributed by atoms with Crippen LogP contribution in [0.15, 0.2) is 78.9 Å². The molecule has 0 saturated carbocycles. The van der Waals surface area contributed by atoms with Crippen molar-refractivity contribution in [3.8, 4) is 0 Å². The number of rotatable bonds is 14. The van der Waals surface area contributed by atoms with Gasteiger partial charge in [-0.15, -0.1) is 11.3 Å². The Morgan fingerprint density at radius 3 is 2.20 bits per heavy atom. The van der Waals surface area contributed by atoms with Crippen LogP contribution in [-0.2, 0) is 44.1 Å². The summed E-state index contributed by atoms with van der Waals surface area (Å²) in [4.78, 5) is 57.5. The van der Waals surface area contributed by atoms with E-state index in [9.17, 15) is 49.9 Å². The largest absolute Gasteiger partial charge is 0.465 e. The lowest BCUT2D eigenvalue weighted by Crippen LogP contribution is -2.50. The van der Waals surface area contributed by atoms with Crippen LogP contribution in [0.4, 0.5) is 40.5 Å². The summed E-state index contributed by atoms with van der Waals surface area (Å²) in [5.41, 5.74) is -2.90. The summed E-state index contributed by atoms with van der Waals surface area (Å²) in [5, 5.41) is 11.5. The lowest BCUT2D eigenvalue weighted by molar-refractivity contribution is -0.143. The fourth-order valence-electron chi connectivity index (χ4n) is 9.16. The summed E-state index contributed by atoms with van der Waals surface area (Å²) in [7, 11) is 3.31. The van der Waals surface area contributed by atoms with Gasteiger partial charge in [-0.05, 0) is 104 Å². The van der Waals surface area contributed by atoms with Crippen molar-refractivity contribution in [1.82, 2.24) is 19.6 Å². The number of carbonyl (C=O) groups is 4. The third kappa shape index (κ3) is 10.7. The highest BCUT2D eigenvalue weighted by molar-refractivity contribution is 7.18. The minimum absolute atomic E-state index is 0.0362. The summed E-state index contributed by atoms with van der Waals surface area (Å²) < 4.78 is 109. The number of hydrogen-bond acceptors (Lipinski definition) is 8. The first-order valence-corrected chi connectivity index (χ1v) is 22.0. The number of carbonyl (C=O) groups excluding carboxylic acids is 3. The highest BCUT2D eigenvalue weighted by Gasteiger charge is 2.50. The predicted molar refractivity (Wildman–Crippen MR) is 229 cm³/mol. The number of ether oxygens (including phenoxy) is 2. The maximum Gasteiger partial charge on any atom is 0.416 e. The minimum atomic E-state index is -5.14. The molecular formula is C46H48F7N5O7S. The van der Waals surface area contributed by atoms with Crippen LogP contribution in [0.3, 0.4) is 0 Å². The average Bonchev–Trinajstić information content (AvgIpc) is 4.01. The van der Waals surface area contributed by atoms with E-state index in [4.69, 9.17) is 14.6 Å². The molecular weight excluding hydrogens is 900 g/mol. The molecule has 3 aliphatic rings. The van der Waals surface area contributed by atoms with Crippen LogP contribution in [0.1, 0.15) is 73.5 Å². The van der Waals surface area contributed by atoms with E-state index in [0.717, 1.165) is 27.4 Å². The number of carboxylic acid groups (broad SMARTS) is 1. The first kappa shape index (κ1) is 48.4. The SMILES string of the molecule is CN(CCCN(C)C(=O)c1ccc(NC(=O)O)s1)C(=O)CO[C@H]1Cc2ccccc2C12CCN(CC[C@@]1(c3ccc(F)cc3)CN(C(=O)c3cc(C(F)(F)F)cc(C(F)(F)F)c3)CO1)CC2. The number of nitrogens with one attached hydrogen (secondary N) is 1. The van der Waals surface area contributed by atoms with Gasteiger partial charge in [0.1, 0.15) is 24.8 Å². The molecule has 0 unspecified atom stereocenters. The van der Waals surface area contributed by atoms with E-state index in [2.05, 4.69) is 22.3 Å². The molecule has 12 nitrogen and oxygen atoms in total. The highest BCUT2D eigenvalue weighted by Crippen LogP contribution is 2.48. The molecule has 0 bridgehead atoms. The summed E-state index contributed by atoms with van der Waals surface area (Å²) >= 11 is 1.03. The molecule has 2 saturated heterocycles. The van der Waals surface area contributed by atoms with Crippen LogP contribution >= 0.6 is 11.3 Å². The zero-order valence-corrected chi connectivity index (χ0v) is 36.8. The molecule has 1 spiro atoms. The van der Waals surface area contributed by atoms with Crippen molar-refractivity contribution in [2.24, 2.45) is 0 Å². The van der Waals surface area contributed by atoms with E-state index in [1.807, 2.05) is 12.1 Å². The zero-order valence-electron chi connectivity index (χ0n) is 36.0. The second kappa shape index (κ2) is 19.3. The molecule has 2 fully saturated rings. The molecule has 2 aliphatic heterocycles. The van der Waals surface area contributed by atoms with Crippen LogP contribution in [0, 0.1) is 5.82 Å². The summed E-state index contributed by atoms with van der Waals surface area (Å²) in [5.74, 6) is -2.10. The number of alkyl halides is 6. The Kier molecular flexibility index (Phi) is 14.2. The Hall–Kier alpha value is -5.57. The number of fused-ring (bicyclic) bond motifs is 2. The number of nitrogens with zero attached hydrogens (tertiary/aromatic N) is 4. The third-order valence-corrected chi connectivity index (χ3v) is 13.8. The van der Waals surface area contributed by atoms with E-state index >= 15 is 0 Å². The maximum atomic E-state index is 14.1. The van der Waals surface area contributed by atoms with Crippen molar-refractivity contribution in [1.29, 1.82) is 0 Å².